The Kier molecular flexibility index (Phi) is 4.46. The van der Waals surface area contributed by atoms with Gasteiger partial charge < -0.3 is 14.7 Å². The fourth-order valence-corrected chi connectivity index (χ4v) is 2.89. The van der Waals surface area contributed by atoms with Crippen LogP contribution in [0, 0.1) is 5.92 Å². The zero-order valence-corrected chi connectivity index (χ0v) is 13.3. The number of carboxylic acid groups (broad SMARTS) is 1. The Hall–Kier alpha value is -2.89. The number of carbonyl (C=O) groups is 2. The van der Waals surface area contributed by atoms with E-state index in [4.69, 9.17) is 9.84 Å². The first-order valence-electron chi connectivity index (χ1n) is 7.71. The average molecular weight is 326 g/mol. The van der Waals surface area contributed by atoms with Crippen molar-refractivity contribution < 1.29 is 19.4 Å². The van der Waals surface area contributed by atoms with E-state index in [1.807, 2.05) is 18.2 Å². The normalized spacial score (nSPS) is 16.9. The summed E-state index contributed by atoms with van der Waals surface area (Å²) in [7, 11) is 1.57. The topological polar surface area (TPSA) is 79.7 Å². The molecule has 2 heterocycles. The maximum atomic E-state index is 12.7. The van der Waals surface area contributed by atoms with Gasteiger partial charge in [0.05, 0.1) is 18.7 Å². The van der Waals surface area contributed by atoms with Gasteiger partial charge in [0.15, 0.2) is 0 Å². The zero-order valence-electron chi connectivity index (χ0n) is 13.3. The number of rotatable bonds is 4. The number of hydrogen-bond acceptors (Lipinski definition) is 4. The number of hydrogen-bond donors (Lipinski definition) is 1. The lowest BCUT2D eigenvalue weighted by molar-refractivity contribution is -0.141. The average Bonchev–Trinajstić information content (AvgIpc) is 3.11. The minimum Gasteiger partial charge on any atom is -0.496 e. The Morgan fingerprint density at radius 1 is 1.29 bits per heavy atom. The van der Waals surface area contributed by atoms with Gasteiger partial charge in [-0.25, -0.2) is 0 Å². The first-order valence-corrected chi connectivity index (χ1v) is 7.71. The van der Waals surface area contributed by atoms with Gasteiger partial charge >= 0.3 is 5.97 Å². The van der Waals surface area contributed by atoms with Crippen molar-refractivity contribution in [2.45, 2.75) is 6.42 Å². The standard InChI is InChI=1S/C18H18N2O4/c1-24-16-6-5-12(10-14(16)15-4-2-3-8-19-15)17(21)20-9-7-13(11-20)18(22)23/h2-6,8,10,13H,7,9,11H2,1H3,(H,22,23). The van der Waals surface area contributed by atoms with Crippen molar-refractivity contribution in [1.29, 1.82) is 0 Å². The van der Waals surface area contributed by atoms with E-state index in [-0.39, 0.29) is 12.5 Å². The van der Waals surface area contributed by atoms with E-state index in [1.54, 1.807) is 36.4 Å². The summed E-state index contributed by atoms with van der Waals surface area (Å²) in [6.07, 6.45) is 2.17. The number of amides is 1. The van der Waals surface area contributed by atoms with Gasteiger partial charge in [-0.3, -0.25) is 14.6 Å². The second-order valence-electron chi connectivity index (χ2n) is 5.71. The van der Waals surface area contributed by atoms with E-state index in [9.17, 15) is 9.59 Å². The molecule has 1 atom stereocenters. The lowest BCUT2D eigenvalue weighted by Gasteiger charge is -2.17. The van der Waals surface area contributed by atoms with Gasteiger partial charge in [0, 0.05) is 30.4 Å². The molecule has 1 N–H and O–H groups in total. The molecule has 0 saturated carbocycles. The van der Waals surface area contributed by atoms with E-state index in [0.717, 1.165) is 5.56 Å². The third-order valence-corrected chi connectivity index (χ3v) is 4.21. The van der Waals surface area contributed by atoms with Crippen LogP contribution in [0.25, 0.3) is 11.3 Å². The number of carboxylic acids is 1. The Bertz CT molecular complexity index is 761. The molecule has 1 aliphatic heterocycles. The Morgan fingerprint density at radius 2 is 2.12 bits per heavy atom. The number of aromatic nitrogens is 1. The fourth-order valence-electron chi connectivity index (χ4n) is 2.89. The number of methoxy groups -OCH3 is 1. The van der Waals surface area contributed by atoms with Crippen molar-refractivity contribution in [2.75, 3.05) is 20.2 Å². The van der Waals surface area contributed by atoms with Gasteiger partial charge in [-0.1, -0.05) is 6.07 Å². The number of aliphatic carboxylic acids is 1. The molecule has 1 aromatic carbocycles. The minimum atomic E-state index is -0.853. The SMILES string of the molecule is COc1ccc(C(=O)N2CCC(C(=O)O)C2)cc1-c1ccccn1. The summed E-state index contributed by atoms with van der Waals surface area (Å²) in [5, 5.41) is 9.08. The molecular weight excluding hydrogens is 308 g/mol. The number of benzene rings is 1. The summed E-state index contributed by atoms with van der Waals surface area (Å²) in [6.45, 7) is 0.708. The van der Waals surface area contributed by atoms with Crippen molar-refractivity contribution in [3.63, 3.8) is 0 Å². The number of likely N-dealkylation sites (tertiary alicyclic amines) is 1. The first-order chi connectivity index (χ1) is 11.6. The molecule has 124 valence electrons. The lowest BCUT2D eigenvalue weighted by atomic mass is 10.1. The molecule has 1 saturated heterocycles. The van der Waals surface area contributed by atoms with Crippen molar-refractivity contribution in [3.8, 4) is 17.0 Å². The molecule has 1 fully saturated rings. The van der Waals surface area contributed by atoms with Gasteiger partial charge in [0.1, 0.15) is 5.75 Å². The van der Waals surface area contributed by atoms with Gasteiger partial charge in [0.2, 0.25) is 0 Å². The summed E-state index contributed by atoms with van der Waals surface area (Å²) in [4.78, 5) is 29.6. The summed E-state index contributed by atoms with van der Waals surface area (Å²) in [5.41, 5.74) is 1.95. The molecule has 3 rings (SSSR count). The molecule has 0 spiro atoms. The molecule has 1 aromatic heterocycles. The first kappa shape index (κ1) is 16.0. The summed E-state index contributed by atoms with van der Waals surface area (Å²) in [6, 6.07) is 10.7. The monoisotopic (exact) mass is 326 g/mol. The molecule has 6 nitrogen and oxygen atoms in total. The molecule has 1 unspecified atom stereocenters. The van der Waals surface area contributed by atoms with Crippen LogP contribution in [0.5, 0.6) is 5.75 Å². The molecule has 0 radical (unpaired) electrons. The van der Waals surface area contributed by atoms with E-state index >= 15 is 0 Å². The van der Waals surface area contributed by atoms with Gasteiger partial charge in [-0.2, -0.15) is 0 Å². The zero-order chi connectivity index (χ0) is 17.1. The van der Waals surface area contributed by atoms with E-state index in [1.165, 1.54) is 0 Å². The molecule has 1 amide bonds. The number of ether oxygens (including phenoxy) is 1. The van der Waals surface area contributed by atoms with Crippen LogP contribution in [-0.2, 0) is 4.79 Å². The smallest absolute Gasteiger partial charge is 0.308 e. The predicted octanol–water partition coefficient (Wildman–Crippen LogP) is 2.30. The van der Waals surface area contributed by atoms with E-state index in [0.29, 0.717) is 30.0 Å². The fraction of sp³-hybridized carbons (Fsp3) is 0.278. The van der Waals surface area contributed by atoms with Crippen molar-refractivity contribution >= 4 is 11.9 Å². The summed E-state index contributed by atoms with van der Waals surface area (Å²) >= 11 is 0. The van der Waals surface area contributed by atoms with E-state index < -0.39 is 11.9 Å². The molecular formula is C18H18N2O4. The number of nitrogens with zero attached hydrogens (tertiary/aromatic N) is 2. The van der Waals surface area contributed by atoms with Crippen molar-refractivity contribution in [1.82, 2.24) is 9.88 Å². The third-order valence-electron chi connectivity index (χ3n) is 4.21. The van der Waals surface area contributed by atoms with Crippen molar-refractivity contribution in [2.24, 2.45) is 5.92 Å². The van der Waals surface area contributed by atoms with Crippen LogP contribution in [0.15, 0.2) is 42.6 Å². The van der Waals surface area contributed by atoms with Crippen LogP contribution in [0.2, 0.25) is 0 Å². The quantitative estimate of drug-likeness (QED) is 0.932. The maximum Gasteiger partial charge on any atom is 0.308 e. The highest BCUT2D eigenvalue weighted by atomic mass is 16.5. The van der Waals surface area contributed by atoms with Crippen LogP contribution in [0.4, 0.5) is 0 Å². The van der Waals surface area contributed by atoms with E-state index in [2.05, 4.69) is 4.98 Å². The number of pyridine rings is 1. The van der Waals surface area contributed by atoms with Crippen molar-refractivity contribution in [3.05, 3.63) is 48.2 Å². The Balaban J connectivity index is 1.89. The predicted molar refractivity (Wildman–Crippen MR) is 87.9 cm³/mol. The molecule has 2 aromatic rings. The summed E-state index contributed by atoms with van der Waals surface area (Å²) in [5.74, 6) is -0.870. The second kappa shape index (κ2) is 6.70. The molecule has 0 aliphatic carbocycles. The van der Waals surface area contributed by atoms with Crippen LogP contribution in [0.3, 0.4) is 0 Å². The minimum absolute atomic E-state index is 0.168. The van der Waals surface area contributed by atoms with Crippen LogP contribution < -0.4 is 4.74 Å². The lowest BCUT2D eigenvalue weighted by Crippen LogP contribution is -2.29. The van der Waals surface area contributed by atoms with Gasteiger partial charge in [0.25, 0.3) is 5.91 Å². The third kappa shape index (κ3) is 3.08. The number of carbonyl (C=O) groups excluding carboxylic acids is 1. The summed E-state index contributed by atoms with van der Waals surface area (Å²) < 4.78 is 5.37. The van der Waals surface area contributed by atoms with Crippen LogP contribution in [0.1, 0.15) is 16.8 Å². The van der Waals surface area contributed by atoms with Crippen LogP contribution in [-0.4, -0.2) is 47.1 Å². The highest BCUT2D eigenvalue weighted by molar-refractivity contribution is 5.96. The molecule has 0 bridgehead atoms. The Labute approximate surface area is 139 Å². The molecule has 1 aliphatic rings. The molecule has 6 heteroatoms. The maximum absolute atomic E-state index is 12.7. The largest absolute Gasteiger partial charge is 0.496 e. The molecule has 24 heavy (non-hydrogen) atoms. The highest BCUT2D eigenvalue weighted by Gasteiger charge is 2.31. The Morgan fingerprint density at radius 3 is 2.75 bits per heavy atom. The van der Waals surface area contributed by atoms with Gasteiger partial charge in [-0.15, -0.1) is 0 Å². The van der Waals surface area contributed by atoms with Crippen LogP contribution >= 0.6 is 0 Å². The van der Waals surface area contributed by atoms with Gasteiger partial charge in [-0.05, 0) is 36.8 Å². The second-order valence-corrected chi connectivity index (χ2v) is 5.71. The highest BCUT2D eigenvalue weighted by Crippen LogP contribution is 2.30.